The van der Waals surface area contributed by atoms with Gasteiger partial charge >= 0.3 is 12.0 Å². The maximum Gasteiger partial charge on any atom is 0.338 e. The second-order valence-electron chi connectivity index (χ2n) is 4.50. The van der Waals surface area contributed by atoms with Gasteiger partial charge in [-0.2, -0.15) is 0 Å². The number of carbonyl (C=O) groups is 2. The van der Waals surface area contributed by atoms with Crippen molar-refractivity contribution in [2.45, 2.75) is 19.9 Å². The van der Waals surface area contributed by atoms with E-state index in [0.29, 0.717) is 21.3 Å². The van der Waals surface area contributed by atoms with Crippen LogP contribution in [0.25, 0.3) is 0 Å². The largest absolute Gasteiger partial charge is 0.508 e. The Bertz CT molecular complexity index is 627. The number of nitrogens with one attached hydrogen (secondary N) is 2. The van der Waals surface area contributed by atoms with Crippen LogP contribution in [0.15, 0.2) is 33.9 Å². The first-order chi connectivity index (χ1) is 9.93. The highest BCUT2D eigenvalue weighted by molar-refractivity contribution is 9.10. The van der Waals surface area contributed by atoms with Crippen molar-refractivity contribution in [2.24, 2.45) is 0 Å². The van der Waals surface area contributed by atoms with Crippen LogP contribution in [0, 0.1) is 0 Å². The number of hydrogen-bond acceptors (Lipinski definition) is 4. The number of aromatic hydroxyl groups is 1. The minimum Gasteiger partial charge on any atom is -0.508 e. The molecular weight excluding hydrogens is 340 g/mol. The van der Waals surface area contributed by atoms with Crippen molar-refractivity contribution in [2.75, 3.05) is 6.61 Å². The summed E-state index contributed by atoms with van der Waals surface area (Å²) in [6.45, 7) is 3.58. The van der Waals surface area contributed by atoms with Crippen LogP contribution in [0.4, 0.5) is 4.79 Å². The van der Waals surface area contributed by atoms with Gasteiger partial charge in [0.05, 0.1) is 18.2 Å². The van der Waals surface area contributed by atoms with Gasteiger partial charge in [0.2, 0.25) is 0 Å². The number of amides is 2. The molecule has 3 N–H and O–H groups in total. The van der Waals surface area contributed by atoms with E-state index in [0.717, 1.165) is 0 Å². The molecule has 0 aromatic heterocycles. The Kier molecular flexibility index (Phi) is 4.52. The van der Waals surface area contributed by atoms with Crippen LogP contribution in [0.3, 0.4) is 0 Å². The predicted octanol–water partition coefficient (Wildman–Crippen LogP) is 2.35. The SMILES string of the molecule is CCOC(=O)C1=C(C)NC(=O)N[C@@H]1c1cc(O)ccc1Br. The number of phenolic OH excluding ortho intramolecular Hbond substituents is 1. The minimum atomic E-state index is -0.695. The van der Waals surface area contributed by atoms with Gasteiger partial charge in [-0.05, 0) is 37.6 Å². The van der Waals surface area contributed by atoms with E-state index in [1.54, 1.807) is 19.9 Å². The zero-order valence-electron chi connectivity index (χ0n) is 11.6. The van der Waals surface area contributed by atoms with Crippen LogP contribution in [0.1, 0.15) is 25.5 Å². The van der Waals surface area contributed by atoms with Crippen LogP contribution in [0.2, 0.25) is 0 Å². The quantitative estimate of drug-likeness (QED) is 0.727. The minimum absolute atomic E-state index is 0.0434. The topological polar surface area (TPSA) is 87.7 Å². The molecule has 1 heterocycles. The molecule has 0 saturated heterocycles. The molecule has 2 amide bonds. The standard InChI is InChI=1S/C14H15BrN2O4/c1-3-21-13(19)11-7(2)16-14(20)17-12(11)9-6-8(18)4-5-10(9)15/h4-6,12,18H,3H2,1-2H3,(H2,16,17,20)/t12-/m1/s1. The molecule has 1 aromatic carbocycles. The first-order valence-electron chi connectivity index (χ1n) is 6.37. The number of ether oxygens (including phenoxy) is 1. The number of carbonyl (C=O) groups excluding carboxylic acids is 2. The summed E-state index contributed by atoms with van der Waals surface area (Å²) in [6.07, 6.45) is 0. The van der Waals surface area contributed by atoms with Crippen molar-refractivity contribution in [3.8, 4) is 5.75 Å². The fraction of sp³-hybridized carbons (Fsp3) is 0.286. The van der Waals surface area contributed by atoms with Gasteiger partial charge in [0, 0.05) is 10.2 Å². The number of esters is 1. The predicted molar refractivity (Wildman–Crippen MR) is 79.5 cm³/mol. The monoisotopic (exact) mass is 354 g/mol. The van der Waals surface area contributed by atoms with E-state index in [1.165, 1.54) is 12.1 Å². The third-order valence-corrected chi connectivity index (χ3v) is 3.78. The average molecular weight is 355 g/mol. The molecule has 0 fully saturated rings. The van der Waals surface area contributed by atoms with Gasteiger partial charge in [0.1, 0.15) is 5.75 Å². The molecular formula is C14H15BrN2O4. The normalized spacial score (nSPS) is 18.0. The zero-order chi connectivity index (χ0) is 15.6. The summed E-state index contributed by atoms with van der Waals surface area (Å²) in [5.74, 6) is -0.468. The highest BCUT2D eigenvalue weighted by atomic mass is 79.9. The number of rotatable bonds is 3. The van der Waals surface area contributed by atoms with Gasteiger partial charge in [-0.1, -0.05) is 15.9 Å². The fourth-order valence-corrected chi connectivity index (χ4v) is 2.63. The molecule has 6 nitrogen and oxygen atoms in total. The molecule has 7 heteroatoms. The van der Waals surface area contributed by atoms with Crippen molar-refractivity contribution < 1.29 is 19.4 Å². The Morgan fingerprint density at radius 3 is 2.86 bits per heavy atom. The van der Waals surface area contributed by atoms with Gasteiger partial charge in [0.25, 0.3) is 0 Å². The highest BCUT2D eigenvalue weighted by Crippen LogP contribution is 2.34. The number of urea groups is 1. The van der Waals surface area contributed by atoms with Gasteiger partial charge in [-0.15, -0.1) is 0 Å². The third-order valence-electron chi connectivity index (χ3n) is 3.06. The van der Waals surface area contributed by atoms with Crippen LogP contribution in [-0.2, 0) is 9.53 Å². The summed E-state index contributed by atoms with van der Waals surface area (Å²) in [5.41, 5.74) is 1.31. The lowest BCUT2D eigenvalue weighted by Crippen LogP contribution is -2.45. The second kappa shape index (κ2) is 6.17. The van der Waals surface area contributed by atoms with E-state index in [-0.39, 0.29) is 12.4 Å². The molecule has 0 aliphatic carbocycles. The van der Waals surface area contributed by atoms with E-state index in [9.17, 15) is 14.7 Å². The lowest BCUT2D eigenvalue weighted by atomic mass is 9.95. The molecule has 1 aliphatic rings. The fourth-order valence-electron chi connectivity index (χ4n) is 2.16. The van der Waals surface area contributed by atoms with Crippen molar-refractivity contribution in [3.63, 3.8) is 0 Å². The van der Waals surface area contributed by atoms with Crippen LogP contribution >= 0.6 is 15.9 Å². The van der Waals surface area contributed by atoms with Gasteiger partial charge < -0.3 is 20.5 Å². The summed E-state index contributed by atoms with van der Waals surface area (Å²) < 4.78 is 5.71. The Morgan fingerprint density at radius 2 is 2.19 bits per heavy atom. The number of allylic oxidation sites excluding steroid dienone is 1. The highest BCUT2D eigenvalue weighted by Gasteiger charge is 2.33. The molecule has 2 rings (SSSR count). The van der Waals surface area contributed by atoms with Crippen molar-refractivity contribution >= 4 is 27.9 Å². The van der Waals surface area contributed by atoms with E-state index < -0.39 is 18.0 Å². The van der Waals surface area contributed by atoms with Crippen molar-refractivity contribution in [3.05, 3.63) is 39.5 Å². The smallest absolute Gasteiger partial charge is 0.338 e. The summed E-state index contributed by atoms with van der Waals surface area (Å²) >= 11 is 3.36. The Hall–Kier alpha value is -2.02. The number of phenols is 1. The molecule has 0 radical (unpaired) electrons. The molecule has 0 unspecified atom stereocenters. The van der Waals surface area contributed by atoms with Crippen LogP contribution in [-0.4, -0.2) is 23.7 Å². The van der Waals surface area contributed by atoms with E-state index in [4.69, 9.17) is 4.74 Å². The molecule has 112 valence electrons. The summed E-state index contributed by atoms with van der Waals surface area (Å²) in [6, 6.07) is 3.54. The van der Waals surface area contributed by atoms with Gasteiger partial charge in [0.15, 0.2) is 0 Å². The maximum absolute atomic E-state index is 12.1. The van der Waals surface area contributed by atoms with Crippen LogP contribution < -0.4 is 10.6 Å². The Balaban J connectivity index is 2.52. The van der Waals surface area contributed by atoms with Gasteiger partial charge in [-0.25, -0.2) is 9.59 Å². The Morgan fingerprint density at radius 1 is 1.48 bits per heavy atom. The van der Waals surface area contributed by atoms with E-state index in [2.05, 4.69) is 26.6 Å². The molecule has 1 atom stereocenters. The number of benzene rings is 1. The number of halogens is 1. The average Bonchev–Trinajstić information content (AvgIpc) is 2.40. The third kappa shape index (κ3) is 3.18. The van der Waals surface area contributed by atoms with Crippen molar-refractivity contribution in [1.29, 1.82) is 0 Å². The van der Waals surface area contributed by atoms with Gasteiger partial charge in [-0.3, -0.25) is 0 Å². The second-order valence-corrected chi connectivity index (χ2v) is 5.35. The van der Waals surface area contributed by atoms with Crippen LogP contribution in [0.5, 0.6) is 5.75 Å². The summed E-state index contributed by atoms with van der Waals surface area (Å²) in [4.78, 5) is 23.8. The van der Waals surface area contributed by atoms with E-state index >= 15 is 0 Å². The summed E-state index contributed by atoms with van der Waals surface area (Å²) in [7, 11) is 0. The zero-order valence-corrected chi connectivity index (χ0v) is 13.2. The molecule has 0 spiro atoms. The first kappa shape index (κ1) is 15.4. The maximum atomic E-state index is 12.1. The summed E-state index contributed by atoms with van der Waals surface area (Å²) in [5, 5.41) is 14.9. The first-order valence-corrected chi connectivity index (χ1v) is 7.17. The molecule has 1 aromatic rings. The van der Waals surface area contributed by atoms with E-state index in [1.807, 2.05) is 0 Å². The van der Waals surface area contributed by atoms with Crippen molar-refractivity contribution in [1.82, 2.24) is 10.6 Å². The molecule has 0 saturated carbocycles. The molecule has 1 aliphatic heterocycles. The molecule has 21 heavy (non-hydrogen) atoms. The Labute approximate surface area is 130 Å². The lowest BCUT2D eigenvalue weighted by molar-refractivity contribution is -0.139. The number of hydrogen-bond donors (Lipinski definition) is 3. The molecule has 0 bridgehead atoms. The lowest BCUT2D eigenvalue weighted by Gasteiger charge is -2.28.